The Balaban J connectivity index is 2.25. The van der Waals surface area contributed by atoms with Crippen molar-refractivity contribution in [1.29, 1.82) is 0 Å². The van der Waals surface area contributed by atoms with Crippen molar-refractivity contribution >= 4 is 17.1 Å². The molecule has 0 spiro atoms. The van der Waals surface area contributed by atoms with Gasteiger partial charge in [0.05, 0.1) is 18.2 Å². The van der Waals surface area contributed by atoms with Crippen LogP contribution in [0.4, 0.5) is 0 Å². The van der Waals surface area contributed by atoms with E-state index in [1.54, 1.807) is 27.7 Å². The van der Waals surface area contributed by atoms with Crippen LogP contribution in [0.5, 0.6) is 5.75 Å². The number of carbonyl (C=O) groups is 2. The number of aliphatic hydroxyl groups excluding tert-OH is 1. The minimum atomic E-state index is -2.03. The van der Waals surface area contributed by atoms with Crippen LogP contribution >= 0.6 is 0 Å². The quantitative estimate of drug-likeness (QED) is 0.694. The number of hydrogen-bond acceptors (Lipinski definition) is 7. The van der Waals surface area contributed by atoms with Crippen LogP contribution in [-0.4, -0.2) is 45.7 Å². The summed E-state index contributed by atoms with van der Waals surface area (Å²) in [7, 11) is 1.22. The lowest BCUT2D eigenvalue weighted by atomic mass is 9.63. The zero-order chi connectivity index (χ0) is 20.0. The van der Waals surface area contributed by atoms with Crippen LogP contribution in [0, 0.1) is 12.3 Å². The molecule has 1 fully saturated rings. The predicted molar refractivity (Wildman–Crippen MR) is 94.4 cm³/mol. The Morgan fingerprint density at radius 1 is 1.15 bits per heavy atom. The van der Waals surface area contributed by atoms with E-state index in [2.05, 4.69) is 0 Å². The number of benzene rings is 1. The fourth-order valence-electron chi connectivity index (χ4n) is 4.25. The van der Waals surface area contributed by atoms with Gasteiger partial charge in [0.15, 0.2) is 11.4 Å². The van der Waals surface area contributed by atoms with E-state index in [0.717, 1.165) is 0 Å². The predicted octanol–water partition coefficient (Wildman–Crippen LogP) is 2.40. The number of carbonyl (C=O) groups excluding carboxylic acids is 2. The summed E-state index contributed by atoms with van der Waals surface area (Å²) in [6.45, 7) is 6.73. The Bertz CT molecular complexity index is 1010. The van der Waals surface area contributed by atoms with E-state index >= 15 is 0 Å². The van der Waals surface area contributed by atoms with Gasteiger partial charge in [-0.15, -0.1) is 0 Å². The van der Waals surface area contributed by atoms with Gasteiger partial charge < -0.3 is 24.8 Å². The lowest BCUT2D eigenvalue weighted by Gasteiger charge is -2.39. The lowest BCUT2D eigenvalue weighted by molar-refractivity contribution is -0.00662. The second-order valence-corrected chi connectivity index (χ2v) is 7.77. The maximum absolute atomic E-state index is 13.4. The van der Waals surface area contributed by atoms with Crippen molar-refractivity contribution in [2.45, 2.75) is 39.4 Å². The number of aliphatic hydroxyl groups is 2. The molecule has 1 aliphatic heterocycles. The number of methoxy groups -OCH3 is 1. The second kappa shape index (κ2) is 4.92. The molecule has 0 amide bonds. The fraction of sp³-hybridized carbons (Fsp3) is 0.400. The van der Waals surface area contributed by atoms with Gasteiger partial charge in [0.25, 0.3) is 0 Å². The number of fused-ring (bicyclic) bond motifs is 1. The Hall–Kier alpha value is -2.80. The first-order valence-corrected chi connectivity index (χ1v) is 8.57. The number of hydrogen-bond donors (Lipinski definition) is 3. The number of Topliss-reactive ketones (excluding diaryl/α,β-unsaturated/α-hetero) is 2. The van der Waals surface area contributed by atoms with Gasteiger partial charge in [0.1, 0.15) is 17.6 Å². The zero-order valence-corrected chi connectivity index (χ0v) is 15.6. The summed E-state index contributed by atoms with van der Waals surface area (Å²) in [5.41, 5.74) is -2.61. The highest BCUT2D eigenvalue weighted by Gasteiger charge is 2.66. The van der Waals surface area contributed by atoms with Crippen molar-refractivity contribution in [2.24, 2.45) is 5.41 Å². The molecular weight excluding hydrogens is 352 g/mol. The summed E-state index contributed by atoms with van der Waals surface area (Å²) in [6, 6.07) is 1.30. The summed E-state index contributed by atoms with van der Waals surface area (Å²) < 4.78 is 10.9. The zero-order valence-electron chi connectivity index (χ0n) is 15.6. The molecule has 0 saturated carbocycles. The standard InChI is InChI=1S/C20H20O7/c1-7-6-9(21)11-12-10(7)17(24)20(25)18(27-8(2)19(20,3)4)13(12)15(23)16(26-5)14(11)22/h6,8,21,23,25H,1-5H3. The van der Waals surface area contributed by atoms with Crippen LogP contribution in [0.3, 0.4) is 0 Å². The van der Waals surface area contributed by atoms with Gasteiger partial charge in [-0.05, 0) is 25.5 Å². The van der Waals surface area contributed by atoms with E-state index in [0.29, 0.717) is 5.56 Å². The first-order chi connectivity index (χ1) is 12.5. The highest BCUT2D eigenvalue weighted by molar-refractivity contribution is 6.24. The molecule has 27 heavy (non-hydrogen) atoms. The van der Waals surface area contributed by atoms with Crippen molar-refractivity contribution in [3.63, 3.8) is 0 Å². The monoisotopic (exact) mass is 372 g/mol. The molecule has 1 saturated heterocycles. The third-order valence-electron chi connectivity index (χ3n) is 6.20. The third-order valence-corrected chi connectivity index (χ3v) is 6.20. The fourth-order valence-corrected chi connectivity index (χ4v) is 4.25. The van der Waals surface area contributed by atoms with Crippen LogP contribution in [0.1, 0.15) is 52.6 Å². The molecule has 1 aromatic rings. The number of rotatable bonds is 1. The van der Waals surface area contributed by atoms with Crippen molar-refractivity contribution in [2.75, 3.05) is 7.11 Å². The maximum Gasteiger partial charge on any atom is 0.235 e. The topological polar surface area (TPSA) is 113 Å². The summed E-state index contributed by atoms with van der Waals surface area (Å²) in [6.07, 6.45) is -0.544. The average molecular weight is 372 g/mol. The molecule has 0 bridgehead atoms. The number of aromatic hydroxyl groups is 1. The average Bonchev–Trinajstić information content (AvgIpc) is 2.75. The molecule has 3 aliphatic rings. The van der Waals surface area contributed by atoms with E-state index in [1.165, 1.54) is 13.2 Å². The molecule has 0 radical (unpaired) electrons. The molecular formula is C20H20O7. The molecule has 2 unspecified atom stereocenters. The number of ketones is 2. The number of aryl methyl sites for hydroxylation is 1. The van der Waals surface area contributed by atoms with Gasteiger partial charge in [0, 0.05) is 16.5 Å². The van der Waals surface area contributed by atoms with Crippen molar-refractivity contribution < 1.29 is 34.4 Å². The van der Waals surface area contributed by atoms with E-state index in [9.17, 15) is 24.9 Å². The molecule has 7 nitrogen and oxygen atoms in total. The second-order valence-electron chi connectivity index (χ2n) is 7.77. The van der Waals surface area contributed by atoms with E-state index in [1.807, 2.05) is 0 Å². The smallest absolute Gasteiger partial charge is 0.235 e. The number of phenolic OH excluding ortho intramolecular Hbond substituents is 1. The lowest BCUT2D eigenvalue weighted by Crippen LogP contribution is -2.53. The molecule has 3 N–H and O–H groups in total. The molecule has 142 valence electrons. The highest BCUT2D eigenvalue weighted by atomic mass is 16.5. The first-order valence-electron chi connectivity index (χ1n) is 8.57. The first kappa shape index (κ1) is 17.6. The van der Waals surface area contributed by atoms with Crippen molar-refractivity contribution in [1.82, 2.24) is 0 Å². The van der Waals surface area contributed by atoms with E-state index in [-0.39, 0.29) is 39.5 Å². The van der Waals surface area contributed by atoms with Crippen LogP contribution in [0.2, 0.25) is 0 Å². The van der Waals surface area contributed by atoms with Crippen LogP contribution < -0.4 is 0 Å². The summed E-state index contributed by atoms with van der Waals surface area (Å²) in [4.78, 5) is 26.2. The molecule has 0 aromatic heterocycles. The van der Waals surface area contributed by atoms with Gasteiger partial charge >= 0.3 is 0 Å². The normalized spacial score (nSPS) is 28.1. The van der Waals surface area contributed by atoms with Crippen molar-refractivity contribution in [3.05, 3.63) is 45.6 Å². The largest absolute Gasteiger partial charge is 0.507 e. The minimum Gasteiger partial charge on any atom is -0.507 e. The maximum atomic E-state index is 13.4. The summed E-state index contributed by atoms with van der Waals surface area (Å²) in [5.74, 6) is -2.72. The van der Waals surface area contributed by atoms with Crippen LogP contribution in [0.25, 0.3) is 5.57 Å². The SMILES string of the molecule is COC1=C(O)C2=C3OC(C)C(C)(C)C3(O)C(=O)c3c(C)cc(O)c(c32)C1=O. The van der Waals surface area contributed by atoms with Gasteiger partial charge in [-0.25, -0.2) is 0 Å². The minimum absolute atomic E-state index is 0.00924. The van der Waals surface area contributed by atoms with Crippen molar-refractivity contribution in [3.8, 4) is 5.75 Å². The molecule has 1 aromatic carbocycles. The molecule has 4 rings (SSSR count). The van der Waals surface area contributed by atoms with Gasteiger partial charge in [-0.2, -0.15) is 0 Å². The number of phenols is 1. The Labute approximate surface area is 155 Å². The van der Waals surface area contributed by atoms with E-state index < -0.39 is 34.4 Å². The number of allylic oxidation sites excluding steroid dienone is 2. The Kier molecular flexibility index (Phi) is 3.21. The summed E-state index contributed by atoms with van der Waals surface area (Å²) >= 11 is 0. The van der Waals surface area contributed by atoms with Gasteiger partial charge in [-0.3, -0.25) is 9.59 Å². The van der Waals surface area contributed by atoms with Crippen LogP contribution in [0.15, 0.2) is 23.3 Å². The molecule has 2 atom stereocenters. The number of ether oxygens (including phenoxy) is 2. The highest BCUT2D eigenvalue weighted by Crippen LogP contribution is 2.58. The van der Waals surface area contributed by atoms with Crippen LogP contribution in [-0.2, 0) is 9.47 Å². The summed E-state index contributed by atoms with van der Waals surface area (Å²) in [5, 5.41) is 32.7. The Morgan fingerprint density at radius 2 is 1.78 bits per heavy atom. The molecule has 7 heteroatoms. The van der Waals surface area contributed by atoms with Gasteiger partial charge in [0.2, 0.25) is 17.3 Å². The molecule has 2 aliphatic carbocycles. The molecule has 1 heterocycles. The third kappa shape index (κ3) is 1.71. The van der Waals surface area contributed by atoms with E-state index in [4.69, 9.17) is 9.47 Å². The Morgan fingerprint density at radius 3 is 2.37 bits per heavy atom. The van der Waals surface area contributed by atoms with Gasteiger partial charge in [-0.1, -0.05) is 13.8 Å².